The summed E-state index contributed by atoms with van der Waals surface area (Å²) in [5, 5.41) is 3.14. The molecule has 0 amide bonds. The van der Waals surface area contributed by atoms with E-state index < -0.39 is 17.3 Å². The quantitative estimate of drug-likeness (QED) is 0.325. The minimum absolute atomic E-state index is 0.177. The number of rotatable bonds is 10. The first kappa shape index (κ1) is 32.2. The van der Waals surface area contributed by atoms with E-state index in [4.69, 9.17) is 14.5 Å². The molecule has 5 rings (SSSR count). The topological polar surface area (TPSA) is 82.7 Å². The Labute approximate surface area is 256 Å². The van der Waals surface area contributed by atoms with Crippen LogP contribution in [0.15, 0.2) is 41.3 Å². The number of halogens is 3. The van der Waals surface area contributed by atoms with E-state index in [0.29, 0.717) is 12.6 Å². The molecule has 0 saturated carbocycles. The summed E-state index contributed by atoms with van der Waals surface area (Å²) in [6, 6.07) is 9.74. The first-order valence-corrected chi connectivity index (χ1v) is 15.4. The maximum Gasteiger partial charge on any atom is 0.416 e. The third-order valence-electron chi connectivity index (χ3n) is 8.61. The van der Waals surface area contributed by atoms with Gasteiger partial charge in [-0.3, -0.25) is 14.7 Å². The van der Waals surface area contributed by atoms with E-state index in [1.165, 1.54) is 6.92 Å². The zero-order chi connectivity index (χ0) is 31.3. The summed E-state index contributed by atoms with van der Waals surface area (Å²) in [6.45, 7) is 12.0. The van der Waals surface area contributed by atoms with Gasteiger partial charge in [-0.2, -0.15) is 13.2 Å². The Kier molecular flexibility index (Phi) is 10.4. The highest BCUT2D eigenvalue weighted by Crippen LogP contribution is 2.34. The summed E-state index contributed by atoms with van der Waals surface area (Å²) in [5.41, 5.74) is 4.29. The van der Waals surface area contributed by atoms with Crippen LogP contribution < -0.4 is 15.8 Å². The van der Waals surface area contributed by atoms with E-state index in [-0.39, 0.29) is 17.8 Å². The summed E-state index contributed by atoms with van der Waals surface area (Å²) in [6.07, 6.45) is -0.864. The first-order valence-electron chi connectivity index (χ1n) is 15.4. The number of anilines is 1. The van der Waals surface area contributed by atoms with Gasteiger partial charge in [0.05, 0.1) is 24.5 Å². The van der Waals surface area contributed by atoms with Crippen molar-refractivity contribution in [1.82, 2.24) is 20.2 Å². The third-order valence-corrected chi connectivity index (χ3v) is 8.61. The molecule has 0 unspecified atom stereocenters. The summed E-state index contributed by atoms with van der Waals surface area (Å²) in [5.74, 6) is 0. The molecule has 44 heavy (non-hydrogen) atoms. The molecule has 3 aromatic rings. The van der Waals surface area contributed by atoms with Crippen molar-refractivity contribution in [2.45, 2.75) is 65.5 Å². The summed E-state index contributed by atoms with van der Waals surface area (Å²) in [4.78, 5) is 24.6. The van der Waals surface area contributed by atoms with Gasteiger partial charge in [0.15, 0.2) is 0 Å². The van der Waals surface area contributed by atoms with Gasteiger partial charge < -0.3 is 24.7 Å². The molecule has 0 aliphatic carbocycles. The van der Waals surface area contributed by atoms with Crippen LogP contribution in [0.3, 0.4) is 0 Å². The molecule has 0 bridgehead atoms. The zero-order valence-electron chi connectivity index (χ0n) is 25.7. The maximum absolute atomic E-state index is 13.8. The van der Waals surface area contributed by atoms with E-state index in [9.17, 15) is 18.0 Å². The molecule has 2 aliphatic rings. The molecule has 4 heterocycles. The Bertz CT molecular complexity index is 1460. The fourth-order valence-corrected chi connectivity index (χ4v) is 6.17. The van der Waals surface area contributed by atoms with E-state index in [1.54, 1.807) is 0 Å². The molecule has 0 radical (unpaired) electrons. The normalized spacial score (nSPS) is 16.8. The average molecular weight is 614 g/mol. The molecule has 2 fully saturated rings. The number of hydrogen-bond donors (Lipinski definition) is 2. The number of aromatic amines is 1. The van der Waals surface area contributed by atoms with Crippen LogP contribution in [0.2, 0.25) is 0 Å². The number of aromatic nitrogens is 2. The number of hydrogen-bond acceptors (Lipinski definition) is 7. The Morgan fingerprint density at radius 2 is 1.75 bits per heavy atom. The maximum atomic E-state index is 13.8. The lowest BCUT2D eigenvalue weighted by molar-refractivity contribution is -0.138. The first-order chi connectivity index (χ1) is 21.1. The van der Waals surface area contributed by atoms with Crippen molar-refractivity contribution in [3.05, 3.63) is 80.5 Å². The number of alkyl halides is 3. The Balaban J connectivity index is 1.44. The summed E-state index contributed by atoms with van der Waals surface area (Å²) >= 11 is 0. The van der Waals surface area contributed by atoms with E-state index in [2.05, 4.69) is 58.2 Å². The number of morpholine rings is 1. The lowest BCUT2D eigenvalue weighted by Crippen LogP contribution is -2.40. The zero-order valence-corrected chi connectivity index (χ0v) is 25.7. The van der Waals surface area contributed by atoms with Crippen LogP contribution in [0, 0.1) is 13.8 Å². The van der Waals surface area contributed by atoms with Crippen molar-refractivity contribution in [2.24, 2.45) is 0 Å². The Morgan fingerprint density at radius 1 is 1.02 bits per heavy atom. The van der Waals surface area contributed by atoms with Crippen LogP contribution in [0.4, 0.5) is 18.9 Å². The second kappa shape index (κ2) is 14.2. The molecule has 2 aliphatic heterocycles. The lowest BCUT2D eigenvalue weighted by Gasteiger charge is -2.37. The van der Waals surface area contributed by atoms with Gasteiger partial charge in [-0.25, -0.2) is 0 Å². The van der Waals surface area contributed by atoms with Gasteiger partial charge in [0.25, 0.3) is 5.56 Å². The summed E-state index contributed by atoms with van der Waals surface area (Å²) in [7, 11) is 0. The van der Waals surface area contributed by atoms with E-state index in [0.717, 1.165) is 105 Å². The highest BCUT2D eigenvalue weighted by molar-refractivity contribution is 5.72. The van der Waals surface area contributed by atoms with Gasteiger partial charge in [0.1, 0.15) is 0 Å². The van der Waals surface area contributed by atoms with Crippen molar-refractivity contribution in [2.75, 3.05) is 51.0 Å². The molecule has 238 valence electrons. The van der Waals surface area contributed by atoms with Crippen LogP contribution in [-0.4, -0.2) is 67.0 Å². The molecular formula is C33H42F3N5O3. The average Bonchev–Trinajstić information content (AvgIpc) is 3.01. The number of nitrogens with zero attached hydrogens (tertiary/aromatic N) is 3. The van der Waals surface area contributed by atoms with Gasteiger partial charge in [0.2, 0.25) is 0 Å². The highest BCUT2D eigenvalue weighted by Gasteiger charge is 2.34. The van der Waals surface area contributed by atoms with Gasteiger partial charge in [-0.05, 0) is 74.6 Å². The molecule has 11 heteroatoms. The standard InChI is InChI=1S/C33H42F3N5O3/c1-4-41(28-7-11-43-12-8-28)31-17-25(24-5-6-27(38-19-24)21-40-9-13-44-14-10-40)16-26(23(31)3)18-37-20-29-30(33(34,35)36)15-22(2)39-32(29)42/h5-6,15-17,19,28,37H,4,7-14,18,20-21H2,1-3H3,(H,39,42). The minimum atomic E-state index is -4.62. The fourth-order valence-electron chi connectivity index (χ4n) is 6.17. The minimum Gasteiger partial charge on any atom is -0.381 e. The van der Waals surface area contributed by atoms with Crippen LogP contribution in [0.5, 0.6) is 0 Å². The van der Waals surface area contributed by atoms with Crippen molar-refractivity contribution < 1.29 is 22.6 Å². The molecule has 2 N–H and O–H groups in total. The molecule has 2 saturated heterocycles. The largest absolute Gasteiger partial charge is 0.416 e. The lowest BCUT2D eigenvalue weighted by atomic mass is 9.96. The van der Waals surface area contributed by atoms with Gasteiger partial charge >= 0.3 is 6.18 Å². The predicted molar refractivity (Wildman–Crippen MR) is 165 cm³/mol. The smallest absolute Gasteiger partial charge is 0.381 e. The number of pyridine rings is 2. The van der Waals surface area contributed by atoms with E-state index in [1.807, 2.05) is 6.20 Å². The SMILES string of the molecule is CCN(c1cc(-c2ccc(CN3CCOCC3)nc2)cc(CNCc2c(C(F)(F)F)cc(C)[nH]c2=O)c1C)C1CCOCC1. The number of H-pyrrole nitrogens is 1. The molecule has 0 spiro atoms. The Morgan fingerprint density at radius 3 is 2.41 bits per heavy atom. The molecule has 8 nitrogen and oxygen atoms in total. The van der Waals surface area contributed by atoms with Crippen molar-refractivity contribution >= 4 is 5.69 Å². The predicted octanol–water partition coefficient (Wildman–Crippen LogP) is 5.20. The van der Waals surface area contributed by atoms with Crippen LogP contribution >= 0.6 is 0 Å². The second-order valence-corrected chi connectivity index (χ2v) is 11.6. The van der Waals surface area contributed by atoms with Gasteiger partial charge in [0, 0.05) is 87.2 Å². The number of aryl methyl sites for hydroxylation is 1. The second-order valence-electron chi connectivity index (χ2n) is 11.6. The number of ether oxygens (including phenoxy) is 2. The Hall–Kier alpha value is -3.25. The van der Waals surface area contributed by atoms with Gasteiger partial charge in [-0.1, -0.05) is 6.07 Å². The number of benzene rings is 1. The van der Waals surface area contributed by atoms with Crippen LogP contribution in [-0.2, 0) is 35.3 Å². The van der Waals surface area contributed by atoms with Crippen molar-refractivity contribution in [3.63, 3.8) is 0 Å². The third kappa shape index (κ3) is 7.69. The summed E-state index contributed by atoms with van der Waals surface area (Å²) < 4.78 is 52.4. The van der Waals surface area contributed by atoms with Crippen molar-refractivity contribution in [1.29, 1.82) is 0 Å². The van der Waals surface area contributed by atoms with Crippen LogP contribution in [0.1, 0.15) is 53.4 Å². The fraction of sp³-hybridized carbons (Fsp3) is 0.515. The van der Waals surface area contributed by atoms with Crippen molar-refractivity contribution in [3.8, 4) is 11.1 Å². The molecule has 0 atom stereocenters. The number of nitrogens with one attached hydrogen (secondary N) is 2. The molecule has 2 aromatic heterocycles. The highest BCUT2D eigenvalue weighted by atomic mass is 19.4. The van der Waals surface area contributed by atoms with Crippen LogP contribution in [0.25, 0.3) is 11.1 Å². The molecule has 1 aromatic carbocycles. The van der Waals surface area contributed by atoms with Gasteiger partial charge in [-0.15, -0.1) is 0 Å². The monoisotopic (exact) mass is 613 g/mol. The molecular weight excluding hydrogens is 571 g/mol. The van der Waals surface area contributed by atoms with E-state index >= 15 is 0 Å².